The number of benzene rings is 2. The molecule has 2 nitrogen and oxygen atoms in total. The number of nitrogens with two attached hydrogens (primary N) is 1. The minimum absolute atomic E-state index is 0.384. The number of para-hydroxylation sites is 1. The van der Waals surface area contributed by atoms with Gasteiger partial charge in [0.05, 0.1) is 0 Å². The summed E-state index contributed by atoms with van der Waals surface area (Å²) >= 11 is 0. The Morgan fingerprint density at radius 3 is 2.60 bits per heavy atom. The van der Waals surface area contributed by atoms with Crippen LogP contribution in [-0.4, -0.2) is 6.04 Å². The van der Waals surface area contributed by atoms with Crippen molar-refractivity contribution in [2.75, 3.05) is 0 Å². The standard InChI is InChI=1S/C18H17NO/c19-16-9-15(10-16)12-5-3-6-13(8-12)18-11-14-4-1-2-7-17(14)20-18/h1-8,11,15-16H,9-10,19H2. The van der Waals surface area contributed by atoms with Gasteiger partial charge in [0.25, 0.3) is 0 Å². The topological polar surface area (TPSA) is 39.2 Å². The number of hydrogen-bond acceptors (Lipinski definition) is 2. The molecule has 3 aromatic rings. The maximum absolute atomic E-state index is 5.94. The van der Waals surface area contributed by atoms with Crippen LogP contribution in [0, 0.1) is 0 Å². The molecule has 1 aliphatic carbocycles. The molecule has 0 radical (unpaired) electrons. The molecule has 100 valence electrons. The molecule has 0 atom stereocenters. The van der Waals surface area contributed by atoms with Gasteiger partial charge in [0, 0.05) is 17.0 Å². The first kappa shape index (κ1) is 11.7. The molecule has 4 rings (SSSR count). The first-order valence-electron chi connectivity index (χ1n) is 7.14. The fourth-order valence-corrected chi connectivity index (χ4v) is 3.00. The van der Waals surface area contributed by atoms with Gasteiger partial charge in [0.1, 0.15) is 11.3 Å². The van der Waals surface area contributed by atoms with Crippen molar-refractivity contribution in [2.24, 2.45) is 5.73 Å². The molecule has 0 saturated heterocycles. The van der Waals surface area contributed by atoms with E-state index in [0.29, 0.717) is 12.0 Å². The van der Waals surface area contributed by atoms with Crippen LogP contribution in [0.1, 0.15) is 24.3 Å². The largest absolute Gasteiger partial charge is 0.456 e. The van der Waals surface area contributed by atoms with Gasteiger partial charge >= 0.3 is 0 Å². The predicted molar refractivity (Wildman–Crippen MR) is 81.6 cm³/mol. The molecule has 0 amide bonds. The molecular formula is C18H17NO. The maximum atomic E-state index is 5.94. The van der Waals surface area contributed by atoms with Crippen LogP contribution in [0.15, 0.2) is 59.0 Å². The highest BCUT2D eigenvalue weighted by atomic mass is 16.3. The van der Waals surface area contributed by atoms with Crippen molar-refractivity contribution in [3.63, 3.8) is 0 Å². The highest BCUT2D eigenvalue weighted by molar-refractivity contribution is 5.82. The third kappa shape index (κ3) is 1.93. The Hall–Kier alpha value is -2.06. The second kappa shape index (κ2) is 4.50. The maximum Gasteiger partial charge on any atom is 0.135 e. The average molecular weight is 263 g/mol. The molecule has 1 saturated carbocycles. The zero-order chi connectivity index (χ0) is 13.5. The van der Waals surface area contributed by atoms with Gasteiger partial charge in [-0.25, -0.2) is 0 Å². The fraction of sp³-hybridized carbons (Fsp3) is 0.222. The van der Waals surface area contributed by atoms with E-state index in [9.17, 15) is 0 Å². The molecule has 1 aromatic heterocycles. The predicted octanol–water partition coefficient (Wildman–Crippen LogP) is 4.30. The molecular weight excluding hydrogens is 246 g/mol. The molecule has 2 aromatic carbocycles. The number of rotatable bonds is 2. The zero-order valence-electron chi connectivity index (χ0n) is 11.3. The van der Waals surface area contributed by atoms with Gasteiger partial charge in [-0.3, -0.25) is 0 Å². The quantitative estimate of drug-likeness (QED) is 0.748. The van der Waals surface area contributed by atoms with E-state index in [1.807, 2.05) is 18.2 Å². The molecule has 0 bridgehead atoms. The Balaban J connectivity index is 1.72. The van der Waals surface area contributed by atoms with E-state index in [-0.39, 0.29) is 0 Å². The van der Waals surface area contributed by atoms with Crippen LogP contribution in [0.3, 0.4) is 0 Å². The Morgan fingerprint density at radius 2 is 1.80 bits per heavy atom. The van der Waals surface area contributed by atoms with Crippen LogP contribution in [0.5, 0.6) is 0 Å². The SMILES string of the molecule is NC1CC(c2cccc(-c3cc4ccccc4o3)c2)C1. The van der Waals surface area contributed by atoms with E-state index in [0.717, 1.165) is 35.1 Å². The Morgan fingerprint density at radius 1 is 0.950 bits per heavy atom. The number of hydrogen-bond donors (Lipinski definition) is 1. The number of furan rings is 1. The van der Waals surface area contributed by atoms with Crippen LogP contribution in [0.25, 0.3) is 22.3 Å². The molecule has 2 N–H and O–H groups in total. The van der Waals surface area contributed by atoms with Gasteiger partial charge in [-0.05, 0) is 42.5 Å². The third-order valence-electron chi connectivity index (χ3n) is 4.24. The van der Waals surface area contributed by atoms with Gasteiger partial charge in [0.15, 0.2) is 0 Å². The minimum Gasteiger partial charge on any atom is -0.456 e. The Labute approximate surface area is 118 Å². The molecule has 20 heavy (non-hydrogen) atoms. The van der Waals surface area contributed by atoms with Crippen LogP contribution in [-0.2, 0) is 0 Å². The summed E-state index contributed by atoms with van der Waals surface area (Å²) in [6.45, 7) is 0. The van der Waals surface area contributed by atoms with E-state index in [1.165, 1.54) is 5.56 Å². The summed E-state index contributed by atoms with van der Waals surface area (Å²) in [6, 6.07) is 19.3. The Kier molecular flexibility index (Phi) is 2.64. The molecule has 0 unspecified atom stereocenters. The molecule has 2 heteroatoms. The van der Waals surface area contributed by atoms with Gasteiger partial charge in [0.2, 0.25) is 0 Å². The van der Waals surface area contributed by atoms with E-state index >= 15 is 0 Å². The van der Waals surface area contributed by atoms with Gasteiger partial charge < -0.3 is 10.2 Å². The third-order valence-corrected chi connectivity index (χ3v) is 4.24. The van der Waals surface area contributed by atoms with Crippen molar-refractivity contribution >= 4 is 11.0 Å². The van der Waals surface area contributed by atoms with Crippen molar-refractivity contribution in [1.82, 2.24) is 0 Å². The zero-order valence-corrected chi connectivity index (χ0v) is 11.3. The summed E-state index contributed by atoms with van der Waals surface area (Å²) in [5.74, 6) is 1.56. The van der Waals surface area contributed by atoms with E-state index in [1.54, 1.807) is 0 Å². The molecule has 1 aliphatic rings. The summed E-state index contributed by atoms with van der Waals surface area (Å²) in [5.41, 5.74) is 9.36. The van der Waals surface area contributed by atoms with Crippen molar-refractivity contribution < 1.29 is 4.42 Å². The van der Waals surface area contributed by atoms with E-state index < -0.39 is 0 Å². The molecule has 1 heterocycles. The van der Waals surface area contributed by atoms with Crippen molar-refractivity contribution in [1.29, 1.82) is 0 Å². The summed E-state index contributed by atoms with van der Waals surface area (Å²) in [7, 11) is 0. The van der Waals surface area contributed by atoms with Crippen LogP contribution in [0.2, 0.25) is 0 Å². The summed E-state index contributed by atoms with van der Waals surface area (Å²) in [6.07, 6.45) is 2.20. The van der Waals surface area contributed by atoms with E-state index in [4.69, 9.17) is 10.2 Å². The second-order valence-electron chi connectivity index (χ2n) is 5.70. The summed E-state index contributed by atoms with van der Waals surface area (Å²) in [5, 5.41) is 1.15. The molecule has 0 aliphatic heterocycles. The second-order valence-corrected chi connectivity index (χ2v) is 5.70. The van der Waals surface area contributed by atoms with E-state index in [2.05, 4.69) is 36.4 Å². The average Bonchev–Trinajstić information content (AvgIpc) is 2.88. The number of fused-ring (bicyclic) bond motifs is 1. The van der Waals surface area contributed by atoms with Crippen LogP contribution in [0.4, 0.5) is 0 Å². The normalized spacial score (nSPS) is 21.9. The van der Waals surface area contributed by atoms with Gasteiger partial charge in [-0.1, -0.05) is 36.4 Å². The highest BCUT2D eigenvalue weighted by Crippen LogP contribution is 2.37. The van der Waals surface area contributed by atoms with Crippen LogP contribution >= 0.6 is 0 Å². The van der Waals surface area contributed by atoms with Gasteiger partial charge in [-0.15, -0.1) is 0 Å². The van der Waals surface area contributed by atoms with Gasteiger partial charge in [-0.2, -0.15) is 0 Å². The molecule has 1 fully saturated rings. The summed E-state index contributed by atoms with van der Waals surface area (Å²) in [4.78, 5) is 0. The first-order valence-corrected chi connectivity index (χ1v) is 7.14. The lowest BCUT2D eigenvalue weighted by atomic mass is 9.76. The molecule has 0 spiro atoms. The smallest absolute Gasteiger partial charge is 0.135 e. The first-order chi connectivity index (χ1) is 9.79. The minimum atomic E-state index is 0.384. The summed E-state index contributed by atoms with van der Waals surface area (Å²) < 4.78 is 5.94. The monoisotopic (exact) mass is 263 g/mol. The van der Waals surface area contributed by atoms with Crippen molar-refractivity contribution in [3.8, 4) is 11.3 Å². The lowest BCUT2D eigenvalue weighted by Gasteiger charge is -2.32. The lowest BCUT2D eigenvalue weighted by Crippen LogP contribution is -2.34. The fourth-order valence-electron chi connectivity index (χ4n) is 3.00. The highest BCUT2D eigenvalue weighted by Gasteiger charge is 2.27. The van der Waals surface area contributed by atoms with Crippen molar-refractivity contribution in [3.05, 3.63) is 60.2 Å². The van der Waals surface area contributed by atoms with Crippen molar-refractivity contribution in [2.45, 2.75) is 24.8 Å². The van der Waals surface area contributed by atoms with Crippen LogP contribution < -0.4 is 5.73 Å². The lowest BCUT2D eigenvalue weighted by molar-refractivity contribution is 0.351. The Bertz CT molecular complexity index is 720.